The standard InChI is InChI=1S/C17H24O/c1-5-7-8-9-15-10-11-17(18-12-6-2)16(13-15)14(3)4/h10-11,13-14H,6,8-9,12H2,1-4H3. The topological polar surface area (TPSA) is 9.23 Å². The fourth-order valence-corrected chi connectivity index (χ4v) is 1.88. The Balaban J connectivity index is 2.83. The zero-order valence-electron chi connectivity index (χ0n) is 12.0. The van der Waals surface area contributed by atoms with E-state index in [9.17, 15) is 0 Å². The number of hydrogen-bond acceptors (Lipinski definition) is 1. The molecule has 0 bridgehead atoms. The maximum atomic E-state index is 5.80. The summed E-state index contributed by atoms with van der Waals surface area (Å²) in [5, 5.41) is 0. The lowest BCUT2D eigenvalue weighted by Gasteiger charge is -2.15. The van der Waals surface area contributed by atoms with E-state index < -0.39 is 0 Å². The Morgan fingerprint density at radius 2 is 2.06 bits per heavy atom. The molecule has 0 saturated heterocycles. The SMILES string of the molecule is CC#CCCc1ccc(OCCC)c(C(C)C)c1. The largest absolute Gasteiger partial charge is 0.493 e. The van der Waals surface area contributed by atoms with Gasteiger partial charge < -0.3 is 4.74 Å². The van der Waals surface area contributed by atoms with Crippen LogP contribution in [0, 0.1) is 11.8 Å². The molecule has 1 rings (SSSR count). The highest BCUT2D eigenvalue weighted by Crippen LogP contribution is 2.28. The van der Waals surface area contributed by atoms with Crippen LogP contribution in [0.2, 0.25) is 0 Å². The van der Waals surface area contributed by atoms with Crippen molar-refractivity contribution in [3.05, 3.63) is 29.3 Å². The van der Waals surface area contributed by atoms with Crippen LogP contribution in [-0.4, -0.2) is 6.61 Å². The lowest BCUT2D eigenvalue weighted by atomic mass is 9.98. The lowest BCUT2D eigenvalue weighted by Crippen LogP contribution is -2.01. The number of benzene rings is 1. The quantitative estimate of drug-likeness (QED) is 0.667. The van der Waals surface area contributed by atoms with E-state index in [0.29, 0.717) is 5.92 Å². The van der Waals surface area contributed by atoms with E-state index >= 15 is 0 Å². The average molecular weight is 244 g/mol. The van der Waals surface area contributed by atoms with Crippen molar-refractivity contribution in [2.75, 3.05) is 6.61 Å². The first-order valence-corrected chi connectivity index (χ1v) is 6.84. The van der Waals surface area contributed by atoms with Crippen LogP contribution in [0.3, 0.4) is 0 Å². The van der Waals surface area contributed by atoms with Crippen molar-refractivity contribution in [3.63, 3.8) is 0 Å². The summed E-state index contributed by atoms with van der Waals surface area (Å²) in [4.78, 5) is 0. The first kappa shape index (κ1) is 14.6. The van der Waals surface area contributed by atoms with Gasteiger partial charge in [0.1, 0.15) is 5.75 Å². The summed E-state index contributed by atoms with van der Waals surface area (Å²) in [5.41, 5.74) is 2.66. The predicted molar refractivity (Wildman–Crippen MR) is 78.1 cm³/mol. The number of ether oxygens (including phenoxy) is 1. The number of rotatable bonds is 6. The van der Waals surface area contributed by atoms with E-state index in [1.807, 2.05) is 6.92 Å². The Morgan fingerprint density at radius 3 is 2.67 bits per heavy atom. The molecule has 98 valence electrons. The molecule has 0 N–H and O–H groups in total. The van der Waals surface area contributed by atoms with E-state index in [-0.39, 0.29) is 0 Å². The molecule has 0 amide bonds. The van der Waals surface area contributed by atoms with Crippen LogP contribution >= 0.6 is 0 Å². The van der Waals surface area contributed by atoms with E-state index in [4.69, 9.17) is 4.74 Å². The zero-order valence-corrected chi connectivity index (χ0v) is 12.0. The molecule has 1 aromatic rings. The Labute approximate surface area is 112 Å². The number of hydrogen-bond donors (Lipinski definition) is 0. The zero-order chi connectivity index (χ0) is 13.4. The second kappa shape index (κ2) is 7.82. The molecule has 1 heteroatoms. The van der Waals surface area contributed by atoms with Gasteiger partial charge in [-0.05, 0) is 42.9 Å². The molecular weight excluding hydrogens is 220 g/mol. The van der Waals surface area contributed by atoms with Crippen LogP contribution in [0.15, 0.2) is 18.2 Å². The monoisotopic (exact) mass is 244 g/mol. The average Bonchev–Trinajstić information content (AvgIpc) is 2.37. The van der Waals surface area contributed by atoms with Crippen LogP contribution in [0.5, 0.6) is 5.75 Å². The molecule has 0 aliphatic rings. The minimum absolute atomic E-state index is 0.495. The summed E-state index contributed by atoms with van der Waals surface area (Å²) in [6.07, 6.45) is 3.00. The lowest BCUT2D eigenvalue weighted by molar-refractivity contribution is 0.313. The molecule has 0 heterocycles. The summed E-state index contributed by atoms with van der Waals surface area (Å²) >= 11 is 0. The second-order valence-corrected chi connectivity index (χ2v) is 4.80. The van der Waals surface area contributed by atoms with Crippen molar-refractivity contribution in [2.24, 2.45) is 0 Å². The van der Waals surface area contributed by atoms with Gasteiger partial charge in [0.05, 0.1) is 6.61 Å². The molecular formula is C17H24O. The van der Waals surface area contributed by atoms with Crippen molar-refractivity contribution >= 4 is 0 Å². The second-order valence-electron chi connectivity index (χ2n) is 4.80. The molecule has 0 unspecified atom stereocenters. The van der Waals surface area contributed by atoms with Gasteiger partial charge in [0.25, 0.3) is 0 Å². The van der Waals surface area contributed by atoms with Crippen LogP contribution in [0.1, 0.15) is 57.6 Å². The van der Waals surface area contributed by atoms with Crippen LogP contribution in [0.25, 0.3) is 0 Å². The van der Waals surface area contributed by atoms with E-state index in [0.717, 1.165) is 31.6 Å². The molecule has 0 saturated carbocycles. The van der Waals surface area contributed by atoms with Crippen molar-refractivity contribution in [2.45, 2.75) is 52.9 Å². The van der Waals surface area contributed by atoms with Crippen molar-refractivity contribution in [1.82, 2.24) is 0 Å². The highest BCUT2D eigenvalue weighted by atomic mass is 16.5. The third-order valence-electron chi connectivity index (χ3n) is 2.87. The van der Waals surface area contributed by atoms with Crippen LogP contribution < -0.4 is 4.74 Å². The van der Waals surface area contributed by atoms with Gasteiger partial charge in [-0.1, -0.05) is 32.9 Å². The Bertz CT molecular complexity index is 421. The van der Waals surface area contributed by atoms with Gasteiger partial charge in [0.2, 0.25) is 0 Å². The van der Waals surface area contributed by atoms with E-state index in [1.165, 1.54) is 11.1 Å². The number of aryl methyl sites for hydroxylation is 1. The summed E-state index contributed by atoms with van der Waals surface area (Å²) in [6, 6.07) is 6.54. The smallest absolute Gasteiger partial charge is 0.122 e. The molecule has 0 spiro atoms. The highest BCUT2D eigenvalue weighted by Gasteiger charge is 2.08. The molecule has 18 heavy (non-hydrogen) atoms. The molecule has 0 aliphatic carbocycles. The third-order valence-corrected chi connectivity index (χ3v) is 2.87. The maximum Gasteiger partial charge on any atom is 0.122 e. The van der Waals surface area contributed by atoms with Gasteiger partial charge >= 0.3 is 0 Å². The Kier molecular flexibility index (Phi) is 6.36. The van der Waals surface area contributed by atoms with E-state index in [2.05, 4.69) is 50.8 Å². The van der Waals surface area contributed by atoms with Gasteiger partial charge in [-0.2, -0.15) is 0 Å². The predicted octanol–water partition coefficient (Wildman–Crippen LogP) is 4.55. The van der Waals surface area contributed by atoms with Crippen molar-refractivity contribution in [3.8, 4) is 17.6 Å². The molecule has 0 aliphatic heterocycles. The molecule has 1 nitrogen and oxygen atoms in total. The summed E-state index contributed by atoms with van der Waals surface area (Å²) < 4.78 is 5.80. The van der Waals surface area contributed by atoms with Crippen molar-refractivity contribution in [1.29, 1.82) is 0 Å². The van der Waals surface area contributed by atoms with Gasteiger partial charge in [-0.15, -0.1) is 11.8 Å². The van der Waals surface area contributed by atoms with Gasteiger partial charge in [0.15, 0.2) is 0 Å². The Morgan fingerprint density at radius 1 is 1.28 bits per heavy atom. The normalized spacial score (nSPS) is 10.1. The minimum Gasteiger partial charge on any atom is -0.493 e. The van der Waals surface area contributed by atoms with Crippen molar-refractivity contribution < 1.29 is 4.74 Å². The molecule has 0 fully saturated rings. The van der Waals surface area contributed by atoms with Crippen LogP contribution in [-0.2, 0) is 6.42 Å². The minimum atomic E-state index is 0.495. The van der Waals surface area contributed by atoms with Gasteiger partial charge in [-0.3, -0.25) is 0 Å². The summed E-state index contributed by atoms with van der Waals surface area (Å²) in [6.45, 7) is 9.24. The molecule has 0 atom stereocenters. The fraction of sp³-hybridized carbons (Fsp3) is 0.529. The van der Waals surface area contributed by atoms with Crippen LogP contribution in [0.4, 0.5) is 0 Å². The van der Waals surface area contributed by atoms with Gasteiger partial charge in [0, 0.05) is 6.42 Å². The maximum absolute atomic E-state index is 5.80. The molecule has 1 aromatic carbocycles. The first-order valence-electron chi connectivity index (χ1n) is 6.84. The highest BCUT2D eigenvalue weighted by molar-refractivity contribution is 5.39. The van der Waals surface area contributed by atoms with Gasteiger partial charge in [-0.25, -0.2) is 0 Å². The Hall–Kier alpha value is -1.42. The molecule has 0 radical (unpaired) electrons. The van der Waals surface area contributed by atoms with E-state index in [1.54, 1.807) is 0 Å². The molecule has 0 aromatic heterocycles. The summed E-state index contributed by atoms with van der Waals surface area (Å²) in [7, 11) is 0. The summed E-state index contributed by atoms with van der Waals surface area (Å²) in [5.74, 6) is 7.59. The first-order chi connectivity index (χ1) is 8.69. The fourth-order valence-electron chi connectivity index (χ4n) is 1.88. The third kappa shape index (κ3) is 4.45.